The molecule has 0 atom stereocenters. The first-order valence-corrected chi connectivity index (χ1v) is 7.44. The molecule has 0 unspecified atom stereocenters. The van der Waals surface area contributed by atoms with Gasteiger partial charge in [0.1, 0.15) is 6.61 Å². The molecule has 0 spiro atoms. The summed E-state index contributed by atoms with van der Waals surface area (Å²) >= 11 is 0. The summed E-state index contributed by atoms with van der Waals surface area (Å²) in [5.41, 5.74) is 2.16. The van der Waals surface area contributed by atoms with Gasteiger partial charge in [0, 0.05) is 0 Å². The standard InChI is InChI=1S/C18H21NO3/c1-2-21-18(20)19(14-13-16-9-5-3-6-10-16)22-15-17-11-7-4-8-12-17/h3-12H,2,13-15H2,1H3. The minimum Gasteiger partial charge on any atom is -0.448 e. The first-order valence-electron chi connectivity index (χ1n) is 7.44. The first-order chi connectivity index (χ1) is 10.8. The molecule has 1 amide bonds. The molecule has 0 heterocycles. The van der Waals surface area contributed by atoms with Gasteiger partial charge in [-0.05, 0) is 24.5 Å². The van der Waals surface area contributed by atoms with E-state index in [1.807, 2.05) is 60.7 Å². The molecule has 116 valence electrons. The van der Waals surface area contributed by atoms with Crippen molar-refractivity contribution in [3.8, 4) is 0 Å². The van der Waals surface area contributed by atoms with Crippen LogP contribution in [-0.4, -0.2) is 24.3 Å². The largest absolute Gasteiger partial charge is 0.448 e. The molecular formula is C18H21NO3. The SMILES string of the molecule is CCOC(=O)N(CCc1ccccc1)OCc1ccccc1. The Kier molecular flexibility index (Phi) is 6.45. The van der Waals surface area contributed by atoms with Crippen molar-refractivity contribution < 1.29 is 14.4 Å². The molecule has 0 aliphatic heterocycles. The molecule has 2 aromatic rings. The third-order valence-corrected chi connectivity index (χ3v) is 3.15. The van der Waals surface area contributed by atoms with Crippen LogP contribution < -0.4 is 0 Å². The summed E-state index contributed by atoms with van der Waals surface area (Å²) < 4.78 is 5.04. The summed E-state index contributed by atoms with van der Waals surface area (Å²) in [6.07, 6.45) is 0.267. The van der Waals surface area contributed by atoms with Crippen LogP contribution in [0, 0.1) is 0 Å². The molecule has 0 N–H and O–H groups in total. The van der Waals surface area contributed by atoms with Crippen molar-refractivity contribution in [1.82, 2.24) is 5.06 Å². The molecule has 0 saturated carbocycles. The van der Waals surface area contributed by atoms with Gasteiger partial charge in [-0.3, -0.25) is 4.84 Å². The fourth-order valence-electron chi connectivity index (χ4n) is 2.01. The molecule has 4 heteroatoms. The van der Waals surface area contributed by atoms with Crippen LogP contribution in [0.1, 0.15) is 18.1 Å². The number of benzene rings is 2. The molecule has 0 aromatic heterocycles. The van der Waals surface area contributed by atoms with E-state index in [0.717, 1.165) is 11.1 Å². The van der Waals surface area contributed by atoms with Crippen molar-refractivity contribution in [2.24, 2.45) is 0 Å². The minimum atomic E-state index is -0.450. The topological polar surface area (TPSA) is 38.8 Å². The van der Waals surface area contributed by atoms with Crippen LogP contribution in [0.4, 0.5) is 4.79 Å². The zero-order chi connectivity index (χ0) is 15.6. The molecule has 2 aromatic carbocycles. The number of hydrogen-bond acceptors (Lipinski definition) is 3. The molecule has 0 radical (unpaired) electrons. The molecule has 22 heavy (non-hydrogen) atoms. The lowest BCUT2D eigenvalue weighted by Gasteiger charge is -2.21. The molecule has 0 fully saturated rings. The number of hydrogen-bond donors (Lipinski definition) is 0. The summed E-state index contributed by atoms with van der Waals surface area (Å²) in [5.74, 6) is 0. The minimum absolute atomic E-state index is 0.329. The van der Waals surface area contributed by atoms with E-state index in [4.69, 9.17) is 9.57 Å². The molecule has 2 rings (SSSR count). The Bertz CT molecular complexity index is 514. The molecule has 0 aliphatic rings. The maximum Gasteiger partial charge on any atom is 0.433 e. The number of hydroxylamine groups is 2. The summed E-state index contributed by atoms with van der Waals surface area (Å²) in [6, 6.07) is 19.7. The summed E-state index contributed by atoms with van der Waals surface area (Å²) in [5, 5.41) is 1.30. The van der Waals surface area contributed by atoms with Crippen molar-refractivity contribution in [2.75, 3.05) is 13.2 Å². The van der Waals surface area contributed by atoms with Gasteiger partial charge in [-0.25, -0.2) is 4.79 Å². The van der Waals surface area contributed by atoms with Gasteiger partial charge < -0.3 is 4.74 Å². The van der Waals surface area contributed by atoms with Gasteiger partial charge in [0.15, 0.2) is 0 Å². The van der Waals surface area contributed by atoms with E-state index in [0.29, 0.717) is 26.2 Å². The fourth-order valence-corrected chi connectivity index (χ4v) is 2.01. The van der Waals surface area contributed by atoms with Crippen molar-refractivity contribution >= 4 is 6.09 Å². The van der Waals surface area contributed by atoms with Crippen molar-refractivity contribution in [2.45, 2.75) is 20.0 Å². The second-order valence-corrected chi connectivity index (χ2v) is 4.80. The number of nitrogens with zero attached hydrogens (tertiary/aromatic N) is 1. The van der Waals surface area contributed by atoms with Crippen molar-refractivity contribution in [3.05, 3.63) is 71.8 Å². The quantitative estimate of drug-likeness (QED) is 0.730. The van der Waals surface area contributed by atoms with E-state index in [-0.39, 0.29) is 0 Å². The van der Waals surface area contributed by atoms with Crippen molar-refractivity contribution in [3.63, 3.8) is 0 Å². The predicted molar refractivity (Wildman–Crippen MR) is 85.1 cm³/mol. The second kappa shape index (κ2) is 8.85. The third kappa shape index (κ3) is 5.22. The zero-order valence-corrected chi connectivity index (χ0v) is 12.8. The molecule has 4 nitrogen and oxygen atoms in total. The summed E-state index contributed by atoms with van der Waals surface area (Å²) in [4.78, 5) is 17.6. The maximum atomic E-state index is 12.0. The fraction of sp³-hybridized carbons (Fsp3) is 0.278. The van der Waals surface area contributed by atoms with Gasteiger partial charge >= 0.3 is 6.09 Å². The Morgan fingerprint density at radius 1 is 0.955 bits per heavy atom. The van der Waals surface area contributed by atoms with Crippen LogP contribution in [0.15, 0.2) is 60.7 Å². The Hall–Kier alpha value is -2.33. The lowest BCUT2D eigenvalue weighted by Crippen LogP contribution is -2.33. The molecule has 0 saturated heterocycles. The van der Waals surface area contributed by atoms with Crippen LogP contribution in [0.2, 0.25) is 0 Å². The van der Waals surface area contributed by atoms with E-state index >= 15 is 0 Å². The van der Waals surface area contributed by atoms with E-state index in [2.05, 4.69) is 0 Å². The number of amides is 1. The lowest BCUT2D eigenvalue weighted by atomic mass is 10.1. The number of ether oxygens (including phenoxy) is 1. The molecule has 0 aliphatic carbocycles. The van der Waals surface area contributed by atoms with Gasteiger partial charge in [-0.1, -0.05) is 60.7 Å². The zero-order valence-electron chi connectivity index (χ0n) is 12.8. The van der Waals surface area contributed by atoms with Gasteiger partial charge in [0.05, 0.1) is 13.2 Å². The third-order valence-electron chi connectivity index (χ3n) is 3.15. The maximum absolute atomic E-state index is 12.0. The van der Waals surface area contributed by atoms with Crippen LogP contribution in [0.25, 0.3) is 0 Å². The van der Waals surface area contributed by atoms with E-state index < -0.39 is 6.09 Å². The van der Waals surface area contributed by atoms with Crippen molar-refractivity contribution in [1.29, 1.82) is 0 Å². The monoisotopic (exact) mass is 299 g/mol. The molecular weight excluding hydrogens is 278 g/mol. The average molecular weight is 299 g/mol. The summed E-state index contributed by atoms with van der Waals surface area (Å²) in [7, 11) is 0. The van der Waals surface area contributed by atoms with Gasteiger partial charge in [0.25, 0.3) is 0 Å². The molecule has 0 bridgehead atoms. The predicted octanol–water partition coefficient (Wildman–Crippen LogP) is 3.82. The number of carbonyl (C=O) groups excluding carboxylic acids is 1. The van der Waals surface area contributed by atoms with E-state index in [1.54, 1.807) is 6.92 Å². The van der Waals surface area contributed by atoms with Crippen LogP contribution in [0.3, 0.4) is 0 Å². The second-order valence-electron chi connectivity index (χ2n) is 4.80. The highest BCUT2D eigenvalue weighted by Gasteiger charge is 2.15. The van der Waals surface area contributed by atoms with Crippen LogP contribution >= 0.6 is 0 Å². The van der Waals surface area contributed by atoms with Gasteiger partial charge in [-0.15, -0.1) is 0 Å². The number of rotatable bonds is 7. The highest BCUT2D eigenvalue weighted by atomic mass is 16.7. The highest BCUT2D eigenvalue weighted by molar-refractivity contribution is 5.66. The summed E-state index contributed by atoms with van der Waals surface area (Å²) in [6.45, 7) is 2.91. The van der Waals surface area contributed by atoms with Gasteiger partial charge in [-0.2, -0.15) is 5.06 Å². The Labute approximate surface area is 131 Å². The van der Waals surface area contributed by atoms with Crippen LogP contribution in [0.5, 0.6) is 0 Å². The van der Waals surface area contributed by atoms with E-state index in [1.165, 1.54) is 5.06 Å². The average Bonchev–Trinajstić information content (AvgIpc) is 2.57. The normalized spacial score (nSPS) is 10.2. The van der Waals surface area contributed by atoms with Crippen LogP contribution in [-0.2, 0) is 22.6 Å². The number of carbonyl (C=O) groups is 1. The first kappa shape index (κ1) is 16.0. The Morgan fingerprint density at radius 2 is 1.55 bits per heavy atom. The smallest absolute Gasteiger partial charge is 0.433 e. The Morgan fingerprint density at radius 3 is 2.14 bits per heavy atom. The highest BCUT2D eigenvalue weighted by Crippen LogP contribution is 2.07. The van der Waals surface area contributed by atoms with E-state index in [9.17, 15) is 4.79 Å². The Balaban J connectivity index is 1.92. The van der Waals surface area contributed by atoms with Gasteiger partial charge in [0.2, 0.25) is 0 Å². The lowest BCUT2D eigenvalue weighted by molar-refractivity contribution is -0.145.